The minimum Gasteiger partial charge on any atom is -0.305 e. The van der Waals surface area contributed by atoms with E-state index in [1.54, 1.807) is 14.2 Å². The van der Waals surface area contributed by atoms with E-state index < -0.39 is 10.2 Å². The van der Waals surface area contributed by atoms with Crippen LogP contribution in [0.3, 0.4) is 0 Å². The molecule has 6 nitrogen and oxygen atoms in total. The predicted molar refractivity (Wildman–Crippen MR) is 18.3 cm³/mol. The van der Waals surface area contributed by atoms with Gasteiger partial charge in [0.2, 0.25) is 0 Å². The van der Waals surface area contributed by atoms with E-state index in [0.29, 0.717) is 0 Å². The summed E-state index contributed by atoms with van der Waals surface area (Å²) in [4.78, 5) is 4.29. The zero-order valence-electron chi connectivity index (χ0n) is 4.96. The lowest BCUT2D eigenvalue weighted by Crippen LogP contribution is -2.58. The van der Waals surface area contributed by atoms with Gasteiger partial charge in [-0.25, -0.2) is 5.48 Å². The first-order valence-corrected chi connectivity index (χ1v) is 3.01. The van der Waals surface area contributed by atoms with E-state index in [1.807, 2.05) is 0 Å². The van der Waals surface area contributed by atoms with Gasteiger partial charge in [-0.2, -0.15) is 14.0 Å². The molecule has 0 aliphatic carbocycles. The maximum Gasteiger partial charge on any atom is 0.0777 e. The van der Waals surface area contributed by atoms with Crippen molar-refractivity contribution in [2.45, 2.75) is 0 Å². The predicted octanol–water partition coefficient (Wildman–Crippen LogP) is -4.36. The van der Waals surface area contributed by atoms with Crippen LogP contribution in [0.25, 0.3) is 0 Å². The third kappa shape index (κ3) is 267. The van der Waals surface area contributed by atoms with Gasteiger partial charge in [0, 0.05) is 7.05 Å². The van der Waals surface area contributed by atoms with Crippen LogP contribution in [0.1, 0.15) is 0 Å². The Morgan fingerprint density at radius 2 is 1.56 bits per heavy atom. The van der Waals surface area contributed by atoms with Gasteiger partial charge >= 0.3 is 0 Å². The van der Waals surface area contributed by atoms with Gasteiger partial charge in [-0.3, -0.25) is 0 Å². The van der Waals surface area contributed by atoms with Crippen molar-refractivity contribution in [1.82, 2.24) is 5.48 Å². The van der Waals surface area contributed by atoms with Crippen molar-refractivity contribution >= 4 is 0 Å². The molecule has 0 rings (SSSR count). The molecule has 9 heavy (non-hydrogen) atoms. The van der Waals surface area contributed by atoms with Gasteiger partial charge < -0.3 is 4.84 Å². The molecule has 0 spiro atoms. The Labute approximate surface area is 54.4 Å². The third-order valence-corrected chi connectivity index (χ3v) is 0.204. The fraction of sp³-hybridized carbons (Fsp3) is 1.00. The summed E-state index contributed by atoms with van der Waals surface area (Å²) in [5, 5.41) is 0. The molecule has 0 unspecified atom stereocenters. The number of hydrogen-bond donors (Lipinski definition) is 2. The van der Waals surface area contributed by atoms with Crippen molar-refractivity contribution in [2.24, 2.45) is 0 Å². The maximum absolute atomic E-state index is 8.60. The molecule has 7 heteroatoms. The highest BCUT2D eigenvalue weighted by atomic mass is 35.7. The number of rotatable bonds is 1. The molecule has 0 bridgehead atoms. The number of halogens is 1. The first-order valence-electron chi connectivity index (χ1n) is 1.74. The molecule has 0 aromatic rings. The summed E-state index contributed by atoms with van der Waals surface area (Å²) < 4.78 is 32.7. The van der Waals surface area contributed by atoms with E-state index in [9.17, 15) is 0 Å². The second kappa shape index (κ2) is 6.17. The largest absolute Gasteiger partial charge is 0.305 e. The minimum absolute atomic E-state index is 1.57. The molecule has 0 saturated heterocycles. The lowest BCUT2D eigenvalue weighted by molar-refractivity contribution is -1.92. The van der Waals surface area contributed by atoms with Gasteiger partial charge in [-0.15, -0.1) is 0 Å². The van der Waals surface area contributed by atoms with Crippen LogP contribution in [0.4, 0.5) is 0 Å². The molecule has 2 N–H and O–H groups in total. The fourth-order valence-corrected chi connectivity index (χ4v) is 0. The standard InChI is InChI=1S/C2H7NO.ClHO4/c1-3-4-2;2-1(3,4)5/h3H,1-2H3;(H,2,3,4,5). The summed E-state index contributed by atoms with van der Waals surface area (Å²) in [5.41, 5.74) is 2.43. The topological polar surface area (TPSA) is 111 Å². The van der Waals surface area contributed by atoms with E-state index in [1.165, 1.54) is 0 Å². The second-order valence-corrected chi connectivity index (χ2v) is 1.60. The maximum atomic E-state index is 8.60. The summed E-state index contributed by atoms with van der Waals surface area (Å²) in [6.45, 7) is 0. The Morgan fingerprint density at radius 3 is 1.56 bits per heavy atom. The van der Waals surface area contributed by atoms with Crippen LogP contribution in [-0.2, 0) is 4.84 Å². The SMILES string of the molecule is CNOC.[O-][Cl+3]([O-])([O-])O. The lowest BCUT2D eigenvalue weighted by atomic mass is 11.5. The average molecular weight is 162 g/mol. The molecule has 0 amide bonds. The zero-order valence-corrected chi connectivity index (χ0v) is 5.71. The van der Waals surface area contributed by atoms with E-state index >= 15 is 0 Å². The van der Waals surface area contributed by atoms with Gasteiger partial charge in [0.1, 0.15) is 0 Å². The van der Waals surface area contributed by atoms with E-state index in [2.05, 4.69) is 10.3 Å². The highest BCUT2D eigenvalue weighted by Gasteiger charge is 1.98. The Morgan fingerprint density at radius 1 is 1.44 bits per heavy atom. The summed E-state index contributed by atoms with van der Waals surface area (Å²) in [5.74, 6) is 0. The monoisotopic (exact) mass is 161 g/mol. The van der Waals surface area contributed by atoms with Crippen molar-refractivity contribution in [1.29, 1.82) is 0 Å². The zero-order chi connectivity index (χ0) is 7.91. The number of nitrogens with one attached hydrogen (secondary N) is 1. The van der Waals surface area contributed by atoms with Crippen LogP contribution >= 0.6 is 0 Å². The van der Waals surface area contributed by atoms with Gasteiger partial charge in [0.25, 0.3) is 0 Å². The Kier molecular flexibility index (Phi) is 8.09. The normalized spacial score (nSPS) is 10.0. The minimum atomic E-state index is -4.69. The van der Waals surface area contributed by atoms with Crippen molar-refractivity contribution in [3.63, 3.8) is 0 Å². The molecule has 0 aromatic heterocycles. The van der Waals surface area contributed by atoms with Crippen LogP contribution < -0.4 is 19.5 Å². The summed E-state index contributed by atoms with van der Waals surface area (Å²) >= 11 is 0. The summed E-state index contributed by atoms with van der Waals surface area (Å²) in [7, 11) is -1.42. The highest BCUT2D eigenvalue weighted by molar-refractivity contribution is 3.76. The smallest absolute Gasteiger partial charge is 0.0777 e. The molecule has 58 valence electrons. The molecule has 0 aromatic carbocycles. The summed E-state index contributed by atoms with van der Waals surface area (Å²) in [6, 6.07) is 0. The van der Waals surface area contributed by atoms with Crippen LogP contribution in [0.15, 0.2) is 0 Å². The van der Waals surface area contributed by atoms with Gasteiger partial charge in [0.15, 0.2) is 0 Å². The Bertz CT molecular complexity index is 45.4. The fourth-order valence-electron chi connectivity index (χ4n) is 0. The molecule has 0 radical (unpaired) electrons. The molecule has 0 saturated carbocycles. The lowest BCUT2D eigenvalue weighted by Gasteiger charge is -2.03. The quantitative estimate of drug-likeness (QED) is 0.376. The van der Waals surface area contributed by atoms with E-state index in [4.69, 9.17) is 18.6 Å². The summed E-state index contributed by atoms with van der Waals surface area (Å²) in [6.07, 6.45) is 0. The van der Waals surface area contributed by atoms with Crippen molar-refractivity contribution in [2.75, 3.05) is 14.2 Å². The molecular formula is C2H8ClNO5. The van der Waals surface area contributed by atoms with Crippen LogP contribution in [0.2, 0.25) is 0 Å². The molecular weight excluding hydrogens is 153 g/mol. The Hall–Kier alpha value is 0.0500. The second-order valence-electron chi connectivity index (χ2n) is 0.804. The highest BCUT2D eigenvalue weighted by Crippen LogP contribution is 1.60. The number of hydrogen-bond acceptors (Lipinski definition) is 6. The van der Waals surface area contributed by atoms with E-state index in [0.717, 1.165) is 0 Å². The van der Waals surface area contributed by atoms with Crippen molar-refractivity contribution in [3.8, 4) is 0 Å². The van der Waals surface area contributed by atoms with E-state index in [-0.39, 0.29) is 0 Å². The average Bonchev–Trinajstić information content (AvgIpc) is 1.61. The molecule has 0 aliphatic rings. The third-order valence-electron chi connectivity index (χ3n) is 0.204. The van der Waals surface area contributed by atoms with Gasteiger partial charge in [0.05, 0.1) is 22.0 Å². The van der Waals surface area contributed by atoms with Crippen LogP contribution in [0.5, 0.6) is 0 Å². The van der Waals surface area contributed by atoms with Crippen LogP contribution in [0, 0.1) is 10.2 Å². The first kappa shape index (κ1) is 11.8. The van der Waals surface area contributed by atoms with Gasteiger partial charge in [-0.05, 0) is 0 Å². The number of hydroxylamine groups is 1. The molecule has 0 fully saturated rings. The molecule has 0 atom stereocenters. The van der Waals surface area contributed by atoms with Crippen molar-refractivity contribution < 1.29 is 33.7 Å². The van der Waals surface area contributed by atoms with Crippen LogP contribution in [-0.4, -0.2) is 18.8 Å². The molecule has 0 aliphatic heterocycles. The van der Waals surface area contributed by atoms with Crippen molar-refractivity contribution in [3.05, 3.63) is 0 Å². The van der Waals surface area contributed by atoms with Gasteiger partial charge in [-0.1, -0.05) is 0 Å². The first-order chi connectivity index (χ1) is 3.91. The molecule has 0 heterocycles. The Balaban J connectivity index is 0.